The summed E-state index contributed by atoms with van der Waals surface area (Å²) in [6.07, 6.45) is 6.26. The van der Waals surface area contributed by atoms with Gasteiger partial charge in [-0.25, -0.2) is 0 Å². The smallest absolute Gasteiger partial charge is 0.0465 e. The molecule has 11 aromatic rings. The molecule has 1 heterocycles. The van der Waals surface area contributed by atoms with E-state index in [-0.39, 0.29) is 10.8 Å². The quantitative estimate of drug-likeness (QED) is 0.161. The van der Waals surface area contributed by atoms with Crippen molar-refractivity contribution in [2.75, 3.05) is 4.90 Å². The molecule has 0 aliphatic heterocycles. The van der Waals surface area contributed by atoms with Crippen LogP contribution in [0.1, 0.15) is 68.2 Å². The van der Waals surface area contributed by atoms with Gasteiger partial charge in [0.15, 0.2) is 0 Å². The van der Waals surface area contributed by atoms with Gasteiger partial charge in [0.25, 0.3) is 0 Å². The Balaban J connectivity index is 0.892. The molecule has 0 saturated heterocycles. The maximum Gasteiger partial charge on any atom is 0.0465 e. The minimum absolute atomic E-state index is 0.0606. The highest BCUT2D eigenvalue weighted by Crippen LogP contribution is 2.57. The second kappa shape index (κ2) is 15.5. The number of nitrogens with zero attached hydrogens (tertiary/aromatic N) is 1. The Morgan fingerprint density at radius 1 is 0.362 bits per heavy atom. The molecule has 0 bridgehead atoms. The van der Waals surface area contributed by atoms with Crippen LogP contribution < -0.4 is 4.90 Å². The molecule has 0 atom stereocenters. The maximum absolute atomic E-state index is 2.55. The van der Waals surface area contributed by atoms with Crippen molar-refractivity contribution in [3.05, 3.63) is 235 Å². The molecule has 1 spiro atoms. The molecule has 69 heavy (non-hydrogen) atoms. The lowest BCUT2D eigenvalue weighted by atomic mass is 9.68. The van der Waals surface area contributed by atoms with Gasteiger partial charge in [0, 0.05) is 48.1 Å². The number of rotatable bonds is 6. The number of benzene rings is 10. The molecule has 0 radical (unpaired) electrons. The van der Waals surface area contributed by atoms with Crippen LogP contribution in [0, 0.1) is 0 Å². The molecular weight excluding hydrogens is 851 g/mol. The molecule has 1 nitrogen and oxygen atoms in total. The number of hydrogen-bond donors (Lipinski definition) is 0. The minimum atomic E-state index is -0.109. The van der Waals surface area contributed by atoms with E-state index in [0.29, 0.717) is 0 Å². The standard InChI is InChI=1S/C67H51NS/c1-66(2)60-26-10-8-21-54(60)57-24-15-23-56(63(57)66)52-19-7-6-17-49(52)44-28-33-46(34-29-44)68(48-37-39-55-53-20-9-11-27-61(53)67(62(55)42-48)40-12-3-13-41-67)47-35-30-45(31-36-47)51-22-14-25-58-59-38-32-43-16-4-5-18-50(43)65(59)69-64(51)58/h4-11,14-39,42H,3,12-13,40-41H2,1-2H3. The predicted molar refractivity (Wildman–Crippen MR) is 295 cm³/mol. The van der Waals surface area contributed by atoms with E-state index in [4.69, 9.17) is 0 Å². The van der Waals surface area contributed by atoms with Crippen molar-refractivity contribution in [3.63, 3.8) is 0 Å². The number of fused-ring (bicyclic) bond motifs is 13. The van der Waals surface area contributed by atoms with E-state index in [2.05, 4.69) is 231 Å². The summed E-state index contributed by atoms with van der Waals surface area (Å²) in [4.78, 5) is 2.50. The Morgan fingerprint density at radius 3 is 1.64 bits per heavy atom. The topological polar surface area (TPSA) is 3.24 Å². The van der Waals surface area contributed by atoms with Gasteiger partial charge in [-0.05, 0) is 138 Å². The van der Waals surface area contributed by atoms with Gasteiger partial charge < -0.3 is 4.90 Å². The van der Waals surface area contributed by atoms with Gasteiger partial charge in [0.1, 0.15) is 0 Å². The highest BCUT2D eigenvalue weighted by atomic mass is 32.1. The summed E-state index contributed by atoms with van der Waals surface area (Å²) in [5.74, 6) is 0. The van der Waals surface area contributed by atoms with Gasteiger partial charge >= 0.3 is 0 Å². The van der Waals surface area contributed by atoms with Crippen LogP contribution in [0.25, 0.3) is 86.6 Å². The fourth-order valence-corrected chi connectivity index (χ4v) is 14.5. The lowest BCUT2D eigenvalue weighted by molar-refractivity contribution is 0.353. The molecule has 2 heteroatoms. The van der Waals surface area contributed by atoms with Crippen molar-refractivity contribution < 1.29 is 0 Å². The molecule has 0 amide bonds. The van der Waals surface area contributed by atoms with Crippen molar-refractivity contribution in [3.8, 4) is 55.6 Å². The average molecular weight is 902 g/mol. The zero-order valence-electron chi connectivity index (χ0n) is 39.1. The largest absolute Gasteiger partial charge is 0.310 e. The average Bonchev–Trinajstić information content (AvgIpc) is 4.01. The lowest BCUT2D eigenvalue weighted by Gasteiger charge is -2.36. The van der Waals surface area contributed by atoms with Gasteiger partial charge in [-0.1, -0.05) is 209 Å². The second-order valence-corrected chi connectivity index (χ2v) is 21.3. The summed E-state index contributed by atoms with van der Waals surface area (Å²) in [6, 6.07) is 80.4. The fraction of sp³-hybridized carbons (Fsp3) is 0.134. The van der Waals surface area contributed by atoms with E-state index < -0.39 is 0 Å². The molecule has 10 aromatic carbocycles. The summed E-state index contributed by atoms with van der Waals surface area (Å²) < 4.78 is 2.70. The summed E-state index contributed by atoms with van der Waals surface area (Å²) in [5, 5.41) is 5.28. The summed E-state index contributed by atoms with van der Waals surface area (Å²) >= 11 is 1.92. The highest BCUT2D eigenvalue weighted by molar-refractivity contribution is 7.27. The van der Waals surface area contributed by atoms with Crippen LogP contribution in [-0.2, 0) is 10.8 Å². The van der Waals surface area contributed by atoms with Gasteiger partial charge in [-0.15, -0.1) is 11.3 Å². The van der Waals surface area contributed by atoms with Crippen LogP contribution in [-0.4, -0.2) is 0 Å². The molecule has 0 N–H and O–H groups in total. The molecular formula is C67H51NS. The van der Waals surface area contributed by atoms with Crippen molar-refractivity contribution in [1.29, 1.82) is 0 Å². The Bertz CT molecular complexity index is 3840. The molecule has 0 unspecified atom stereocenters. The predicted octanol–water partition coefficient (Wildman–Crippen LogP) is 19.2. The van der Waals surface area contributed by atoms with E-state index in [0.717, 1.165) is 11.4 Å². The highest BCUT2D eigenvalue weighted by Gasteiger charge is 2.44. The molecule has 330 valence electrons. The molecule has 3 aliphatic carbocycles. The third kappa shape index (κ3) is 6.08. The zero-order valence-corrected chi connectivity index (χ0v) is 39.9. The first kappa shape index (κ1) is 40.5. The normalized spacial score (nSPS) is 15.0. The molecule has 1 fully saturated rings. The Hall–Kier alpha value is -7.52. The Morgan fingerprint density at radius 2 is 0.884 bits per heavy atom. The van der Waals surface area contributed by atoms with Crippen molar-refractivity contribution >= 4 is 59.3 Å². The van der Waals surface area contributed by atoms with Crippen LogP contribution in [0.15, 0.2) is 212 Å². The van der Waals surface area contributed by atoms with Crippen molar-refractivity contribution in [2.24, 2.45) is 0 Å². The van der Waals surface area contributed by atoms with E-state index in [9.17, 15) is 0 Å². The van der Waals surface area contributed by atoms with E-state index >= 15 is 0 Å². The SMILES string of the molecule is CC1(C)c2ccccc2-c2cccc(-c3ccccc3-c3ccc(N(c4ccc(-c5cccc6c5sc5c7ccccc7ccc65)cc4)c4ccc5c(c4)C4(CCCCC4)c4ccccc4-5)cc3)c21. The Labute approximate surface area is 409 Å². The van der Waals surface area contributed by atoms with Crippen molar-refractivity contribution in [2.45, 2.75) is 56.8 Å². The first-order valence-corrected chi connectivity index (χ1v) is 25.7. The first-order valence-electron chi connectivity index (χ1n) is 24.9. The zero-order chi connectivity index (χ0) is 45.8. The van der Waals surface area contributed by atoms with Crippen LogP contribution in [0.4, 0.5) is 17.1 Å². The summed E-state index contributed by atoms with van der Waals surface area (Å²) in [7, 11) is 0. The molecule has 14 rings (SSSR count). The van der Waals surface area contributed by atoms with Gasteiger partial charge in [0.2, 0.25) is 0 Å². The third-order valence-electron chi connectivity index (χ3n) is 16.3. The monoisotopic (exact) mass is 901 g/mol. The second-order valence-electron chi connectivity index (χ2n) is 20.2. The molecule has 1 saturated carbocycles. The molecule has 1 aromatic heterocycles. The fourth-order valence-electron chi connectivity index (χ4n) is 13.1. The van der Waals surface area contributed by atoms with Gasteiger partial charge in [0.05, 0.1) is 0 Å². The number of hydrogen-bond acceptors (Lipinski definition) is 2. The molecule has 3 aliphatic rings. The van der Waals surface area contributed by atoms with E-state index in [1.54, 1.807) is 0 Å². The lowest BCUT2D eigenvalue weighted by Crippen LogP contribution is -2.28. The third-order valence-corrected chi connectivity index (χ3v) is 17.6. The minimum Gasteiger partial charge on any atom is -0.310 e. The first-order chi connectivity index (χ1) is 34.0. The van der Waals surface area contributed by atoms with E-state index in [1.807, 2.05) is 11.3 Å². The van der Waals surface area contributed by atoms with Gasteiger partial charge in [-0.3, -0.25) is 0 Å². The van der Waals surface area contributed by atoms with Crippen LogP contribution >= 0.6 is 11.3 Å². The van der Waals surface area contributed by atoms with Gasteiger partial charge in [-0.2, -0.15) is 0 Å². The summed E-state index contributed by atoms with van der Waals surface area (Å²) in [6.45, 7) is 4.78. The number of thiophene rings is 1. The summed E-state index contributed by atoms with van der Waals surface area (Å²) in [5.41, 5.74) is 22.4. The Kier molecular flexibility index (Phi) is 9.11. The number of anilines is 3. The van der Waals surface area contributed by atoms with Crippen LogP contribution in [0.3, 0.4) is 0 Å². The van der Waals surface area contributed by atoms with E-state index in [1.165, 1.54) is 147 Å². The maximum atomic E-state index is 2.55. The van der Waals surface area contributed by atoms with Crippen LogP contribution in [0.2, 0.25) is 0 Å². The van der Waals surface area contributed by atoms with Crippen molar-refractivity contribution in [1.82, 2.24) is 0 Å². The van der Waals surface area contributed by atoms with Crippen LogP contribution in [0.5, 0.6) is 0 Å².